The third kappa shape index (κ3) is 4.91. The van der Waals surface area contributed by atoms with Crippen LogP contribution in [0.4, 0.5) is 5.82 Å². The minimum absolute atomic E-state index is 0.0247. The van der Waals surface area contributed by atoms with Crippen LogP contribution in [0, 0.1) is 17.2 Å². The predicted molar refractivity (Wildman–Crippen MR) is 121 cm³/mol. The number of ether oxygens (including phenoxy) is 2. The molecule has 4 rings (SSSR count). The molecule has 2 aromatic rings. The fraction of sp³-hybridized carbons (Fsp3) is 0.625. The van der Waals surface area contributed by atoms with Gasteiger partial charge in [-0.25, -0.2) is 9.50 Å². The van der Waals surface area contributed by atoms with Gasteiger partial charge in [-0.2, -0.15) is 10.4 Å². The summed E-state index contributed by atoms with van der Waals surface area (Å²) in [5.74, 6) is 0.269. The maximum Gasteiger partial charge on any atom is 0.306 e. The summed E-state index contributed by atoms with van der Waals surface area (Å²) >= 11 is 0. The van der Waals surface area contributed by atoms with E-state index in [0.717, 1.165) is 38.5 Å². The van der Waals surface area contributed by atoms with E-state index in [0.29, 0.717) is 35.8 Å². The predicted octanol–water partition coefficient (Wildman–Crippen LogP) is 2.85. The van der Waals surface area contributed by atoms with Crippen LogP contribution in [0.15, 0.2) is 18.5 Å². The number of unbranched alkanes of at least 4 members (excludes halogenated alkanes) is 1. The Balaban J connectivity index is 1.48. The minimum Gasteiger partial charge on any atom is -0.463 e. The Bertz CT molecular complexity index is 1070. The smallest absolute Gasteiger partial charge is 0.306 e. The Morgan fingerprint density at radius 2 is 2.18 bits per heavy atom. The van der Waals surface area contributed by atoms with Gasteiger partial charge >= 0.3 is 5.97 Å². The average molecular weight is 470 g/mol. The molecule has 1 amide bonds. The summed E-state index contributed by atoms with van der Waals surface area (Å²) in [6.07, 6.45) is 6.50. The first-order chi connectivity index (χ1) is 16.5. The molecule has 3 heterocycles. The number of esters is 1. The van der Waals surface area contributed by atoms with E-state index in [1.165, 1.54) is 10.8 Å². The third-order valence-corrected chi connectivity index (χ3v) is 6.68. The van der Waals surface area contributed by atoms with Gasteiger partial charge in [-0.3, -0.25) is 9.59 Å². The lowest BCUT2D eigenvalue weighted by molar-refractivity contribution is -0.150. The van der Waals surface area contributed by atoms with Crippen molar-refractivity contribution in [3.05, 3.63) is 24.2 Å². The molecular formula is C24H31N5O5. The van der Waals surface area contributed by atoms with Gasteiger partial charge in [-0.05, 0) is 37.3 Å². The number of rotatable bonds is 9. The van der Waals surface area contributed by atoms with Gasteiger partial charge in [0.15, 0.2) is 5.82 Å². The van der Waals surface area contributed by atoms with Gasteiger partial charge in [0.25, 0.3) is 0 Å². The Morgan fingerprint density at radius 1 is 1.38 bits per heavy atom. The molecule has 1 saturated carbocycles. The lowest BCUT2D eigenvalue weighted by atomic mass is 9.94. The molecule has 2 N–H and O–H groups in total. The Labute approximate surface area is 198 Å². The van der Waals surface area contributed by atoms with E-state index >= 15 is 0 Å². The molecule has 0 aromatic carbocycles. The molecule has 182 valence electrons. The average Bonchev–Trinajstić information content (AvgIpc) is 3.56. The topological polar surface area (TPSA) is 139 Å². The van der Waals surface area contributed by atoms with Crippen LogP contribution in [0.3, 0.4) is 0 Å². The largest absolute Gasteiger partial charge is 0.463 e. The molecule has 2 aromatic heterocycles. The summed E-state index contributed by atoms with van der Waals surface area (Å²) in [7, 11) is 0. The van der Waals surface area contributed by atoms with Crippen molar-refractivity contribution in [1.29, 1.82) is 5.26 Å². The summed E-state index contributed by atoms with van der Waals surface area (Å²) in [6, 6.07) is 5.41. The monoisotopic (exact) mass is 469 g/mol. The summed E-state index contributed by atoms with van der Waals surface area (Å²) in [6.45, 7) is 1.98. The number of hydrogen-bond donors (Lipinski definition) is 2. The zero-order chi connectivity index (χ0) is 24.1. The number of nitrogens with zero attached hydrogens (tertiary/aromatic N) is 4. The van der Waals surface area contributed by atoms with Crippen LogP contribution in [0.5, 0.6) is 0 Å². The standard InChI is InChI=1S/C24H31N5O5/c1-2-3-8-21(31)28-23-18-9-10-19(29(18)27-15-26-23)24(14-25)20(30)12-17(34-24)13-33-22(32)11-16-6-4-5-7-16/h9-10,15-17,20,30H,2-8,11-13H2,1H3,(H,26,27,28,31)/t17-,20-,24+/m1/s1. The molecule has 2 fully saturated rings. The molecule has 1 saturated heterocycles. The SMILES string of the molecule is CCCCC(=O)Nc1ncnn2c([C@]3(C#N)O[C@@H](COC(=O)CC4CCCC4)C[C@H]3O)ccc12. The number of nitrogens with one attached hydrogen (secondary N) is 1. The number of aliphatic hydroxyl groups is 1. The van der Waals surface area contributed by atoms with Crippen molar-refractivity contribution in [3.63, 3.8) is 0 Å². The van der Waals surface area contributed by atoms with Gasteiger partial charge in [0.1, 0.15) is 30.6 Å². The van der Waals surface area contributed by atoms with E-state index < -0.39 is 17.8 Å². The van der Waals surface area contributed by atoms with Crippen molar-refractivity contribution in [1.82, 2.24) is 14.6 Å². The number of amides is 1. The molecule has 3 atom stereocenters. The van der Waals surface area contributed by atoms with E-state index in [1.54, 1.807) is 12.1 Å². The van der Waals surface area contributed by atoms with Crippen LogP contribution in [0.2, 0.25) is 0 Å². The van der Waals surface area contributed by atoms with E-state index in [1.807, 2.05) is 6.92 Å². The number of carbonyl (C=O) groups excluding carboxylic acids is 2. The first-order valence-electron chi connectivity index (χ1n) is 12.0. The number of anilines is 1. The molecule has 2 aliphatic rings. The molecule has 10 nitrogen and oxygen atoms in total. The molecule has 1 aliphatic carbocycles. The second kappa shape index (κ2) is 10.5. The van der Waals surface area contributed by atoms with Crippen molar-refractivity contribution in [2.45, 2.75) is 82.5 Å². The number of nitriles is 1. The van der Waals surface area contributed by atoms with Gasteiger partial charge in [0, 0.05) is 19.3 Å². The van der Waals surface area contributed by atoms with Crippen LogP contribution in [0.25, 0.3) is 5.52 Å². The molecule has 10 heteroatoms. The number of fused-ring (bicyclic) bond motifs is 1. The molecule has 0 bridgehead atoms. The van der Waals surface area contributed by atoms with Gasteiger partial charge in [-0.1, -0.05) is 26.2 Å². The summed E-state index contributed by atoms with van der Waals surface area (Å²) in [5, 5.41) is 27.9. The van der Waals surface area contributed by atoms with Gasteiger partial charge < -0.3 is 19.9 Å². The second-order valence-electron chi connectivity index (χ2n) is 9.15. The van der Waals surface area contributed by atoms with Crippen LogP contribution < -0.4 is 5.32 Å². The number of carbonyl (C=O) groups is 2. The maximum atomic E-state index is 12.2. The van der Waals surface area contributed by atoms with Crippen molar-refractivity contribution in [2.75, 3.05) is 11.9 Å². The molecule has 0 unspecified atom stereocenters. The summed E-state index contributed by atoms with van der Waals surface area (Å²) in [5.41, 5.74) is -0.879. The highest BCUT2D eigenvalue weighted by Gasteiger charge is 2.52. The molecular weight excluding hydrogens is 438 g/mol. The highest BCUT2D eigenvalue weighted by atomic mass is 16.6. The normalized spacial score (nSPS) is 24.9. The minimum atomic E-state index is -1.69. The first kappa shape index (κ1) is 24.1. The summed E-state index contributed by atoms with van der Waals surface area (Å²) < 4.78 is 12.9. The lowest BCUT2D eigenvalue weighted by Gasteiger charge is -2.24. The Kier molecular flexibility index (Phi) is 7.44. The molecule has 34 heavy (non-hydrogen) atoms. The lowest BCUT2D eigenvalue weighted by Crippen LogP contribution is -2.36. The van der Waals surface area contributed by atoms with Gasteiger partial charge in [0.2, 0.25) is 11.5 Å². The van der Waals surface area contributed by atoms with Crippen LogP contribution in [-0.2, 0) is 24.7 Å². The highest BCUT2D eigenvalue weighted by Crippen LogP contribution is 2.40. The zero-order valence-corrected chi connectivity index (χ0v) is 19.4. The van der Waals surface area contributed by atoms with E-state index in [-0.39, 0.29) is 24.9 Å². The van der Waals surface area contributed by atoms with Crippen molar-refractivity contribution in [2.24, 2.45) is 5.92 Å². The van der Waals surface area contributed by atoms with Crippen LogP contribution >= 0.6 is 0 Å². The first-order valence-corrected chi connectivity index (χ1v) is 12.0. The molecule has 0 radical (unpaired) electrons. The molecule has 1 aliphatic heterocycles. The quantitative estimate of drug-likeness (QED) is 0.535. The highest BCUT2D eigenvalue weighted by molar-refractivity contribution is 5.93. The second-order valence-corrected chi connectivity index (χ2v) is 9.15. The third-order valence-electron chi connectivity index (χ3n) is 6.68. The van der Waals surface area contributed by atoms with Crippen LogP contribution in [-0.4, -0.2) is 50.4 Å². The fourth-order valence-corrected chi connectivity index (χ4v) is 4.83. The van der Waals surface area contributed by atoms with Crippen molar-refractivity contribution in [3.8, 4) is 6.07 Å². The van der Waals surface area contributed by atoms with Crippen LogP contribution in [0.1, 0.15) is 70.4 Å². The Morgan fingerprint density at radius 3 is 2.91 bits per heavy atom. The maximum absolute atomic E-state index is 12.2. The fourth-order valence-electron chi connectivity index (χ4n) is 4.83. The molecule has 0 spiro atoms. The van der Waals surface area contributed by atoms with Crippen molar-refractivity contribution >= 4 is 23.2 Å². The van der Waals surface area contributed by atoms with Gasteiger partial charge in [0.05, 0.1) is 11.8 Å². The number of hydrogen-bond acceptors (Lipinski definition) is 8. The van der Waals surface area contributed by atoms with E-state index in [2.05, 4.69) is 21.5 Å². The zero-order valence-electron chi connectivity index (χ0n) is 19.4. The number of aromatic nitrogens is 3. The number of aliphatic hydroxyl groups excluding tert-OH is 1. The van der Waals surface area contributed by atoms with E-state index in [4.69, 9.17) is 9.47 Å². The van der Waals surface area contributed by atoms with Crippen molar-refractivity contribution < 1.29 is 24.2 Å². The Hall–Kier alpha value is -3.03. The summed E-state index contributed by atoms with van der Waals surface area (Å²) in [4.78, 5) is 28.6. The van der Waals surface area contributed by atoms with Gasteiger partial charge in [-0.15, -0.1) is 0 Å². The van der Waals surface area contributed by atoms with E-state index in [9.17, 15) is 20.0 Å².